The molecule has 172 valence electrons. The molecule has 12 heteroatoms. The minimum atomic E-state index is -3.86. The molecule has 0 radical (unpaired) electrons. The molecule has 2 aromatic rings. The summed E-state index contributed by atoms with van der Waals surface area (Å²) in [6, 6.07) is 8.73. The number of hydrogen-bond donors (Lipinski definition) is 2. The third-order valence-electron chi connectivity index (χ3n) is 5.25. The number of benzene rings is 2. The molecule has 0 saturated carbocycles. The molecule has 1 fully saturated rings. The number of halogens is 1. The van der Waals surface area contributed by atoms with Crippen LogP contribution in [0.4, 0.5) is 17.1 Å². The zero-order chi connectivity index (χ0) is 23.5. The van der Waals surface area contributed by atoms with Gasteiger partial charge in [0.25, 0.3) is 5.69 Å². The second-order valence-electron chi connectivity index (χ2n) is 7.46. The Balaban J connectivity index is 1.74. The third-order valence-corrected chi connectivity index (χ3v) is 7.55. The lowest BCUT2D eigenvalue weighted by Gasteiger charge is -2.31. The predicted octanol–water partition coefficient (Wildman–Crippen LogP) is 2.54. The Hall–Kier alpha value is -2.73. The van der Waals surface area contributed by atoms with Crippen molar-refractivity contribution in [2.45, 2.75) is 11.8 Å². The normalized spacial score (nSPS) is 15.3. The SMILES string of the molecule is Cc1c(Cl)cccc1NC(=O)CNc1ccc(S(=O)(=O)N2CCN(C)CC2)cc1[N+](=O)[O-]. The first-order valence-electron chi connectivity index (χ1n) is 9.85. The van der Waals surface area contributed by atoms with Crippen molar-refractivity contribution in [3.8, 4) is 0 Å². The molecule has 0 bridgehead atoms. The van der Waals surface area contributed by atoms with Gasteiger partial charge < -0.3 is 15.5 Å². The first kappa shape index (κ1) is 23.9. The first-order valence-corrected chi connectivity index (χ1v) is 11.7. The number of nitrogens with one attached hydrogen (secondary N) is 2. The number of nitrogens with zero attached hydrogens (tertiary/aromatic N) is 3. The van der Waals surface area contributed by atoms with E-state index in [1.54, 1.807) is 25.1 Å². The molecule has 10 nitrogen and oxygen atoms in total. The Kier molecular flexibility index (Phi) is 7.34. The van der Waals surface area contributed by atoms with Gasteiger partial charge in [-0.15, -0.1) is 0 Å². The van der Waals surface area contributed by atoms with Gasteiger partial charge in [0.05, 0.1) is 16.4 Å². The Bertz CT molecular complexity index is 1130. The summed E-state index contributed by atoms with van der Waals surface area (Å²) in [7, 11) is -1.95. The third kappa shape index (κ3) is 5.36. The molecule has 0 aromatic heterocycles. The number of piperazine rings is 1. The van der Waals surface area contributed by atoms with Crippen LogP contribution >= 0.6 is 11.6 Å². The van der Waals surface area contributed by atoms with Gasteiger partial charge in [0.15, 0.2) is 0 Å². The summed E-state index contributed by atoms with van der Waals surface area (Å²) in [5, 5.41) is 17.5. The number of anilines is 2. The topological polar surface area (TPSA) is 125 Å². The van der Waals surface area contributed by atoms with Crippen molar-refractivity contribution in [3.05, 3.63) is 57.1 Å². The van der Waals surface area contributed by atoms with E-state index in [0.29, 0.717) is 42.5 Å². The average molecular weight is 482 g/mol. The van der Waals surface area contributed by atoms with E-state index in [1.165, 1.54) is 16.4 Å². The second-order valence-corrected chi connectivity index (χ2v) is 9.80. The van der Waals surface area contributed by atoms with Crippen molar-refractivity contribution in [1.29, 1.82) is 0 Å². The Labute approximate surface area is 191 Å². The van der Waals surface area contributed by atoms with Crippen LogP contribution in [0.2, 0.25) is 5.02 Å². The Morgan fingerprint density at radius 1 is 1.16 bits per heavy atom. The minimum absolute atomic E-state index is 0.0466. The van der Waals surface area contributed by atoms with Gasteiger partial charge in [-0.05, 0) is 43.8 Å². The van der Waals surface area contributed by atoms with Crippen LogP contribution in [0.1, 0.15) is 5.56 Å². The summed E-state index contributed by atoms with van der Waals surface area (Å²) in [5.41, 5.74) is 0.858. The van der Waals surface area contributed by atoms with Gasteiger partial charge >= 0.3 is 0 Å². The van der Waals surface area contributed by atoms with Crippen LogP contribution in [0.25, 0.3) is 0 Å². The van der Waals surface area contributed by atoms with Gasteiger partial charge in [0.1, 0.15) is 5.69 Å². The molecule has 0 unspecified atom stereocenters. The lowest BCUT2D eigenvalue weighted by atomic mass is 10.2. The zero-order valence-electron chi connectivity index (χ0n) is 17.7. The monoisotopic (exact) mass is 481 g/mol. The molecule has 2 N–H and O–H groups in total. The highest BCUT2D eigenvalue weighted by Crippen LogP contribution is 2.29. The standard InChI is InChI=1S/C20H24ClN5O5S/c1-14-16(21)4-3-5-17(14)23-20(27)13-22-18-7-6-15(12-19(18)26(28)29)32(30,31)25-10-8-24(2)9-11-25/h3-7,12,22H,8-11,13H2,1-2H3,(H,23,27). The minimum Gasteiger partial charge on any atom is -0.371 e. The molecule has 3 rings (SSSR count). The van der Waals surface area contributed by atoms with E-state index in [1.807, 2.05) is 11.9 Å². The summed E-state index contributed by atoms with van der Waals surface area (Å²) in [5.74, 6) is -0.432. The van der Waals surface area contributed by atoms with Crippen molar-refractivity contribution in [2.24, 2.45) is 0 Å². The Morgan fingerprint density at radius 2 is 1.84 bits per heavy atom. The van der Waals surface area contributed by atoms with E-state index in [4.69, 9.17) is 11.6 Å². The number of amides is 1. The number of nitro benzene ring substituents is 1. The molecule has 1 aliphatic heterocycles. The smallest absolute Gasteiger partial charge is 0.293 e. The lowest BCUT2D eigenvalue weighted by Crippen LogP contribution is -2.47. The fourth-order valence-electron chi connectivity index (χ4n) is 3.26. The van der Waals surface area contributed by atoms with E-state index in [2.05, 4.69) is 10.6 Å². The number of hydrogen-bond acceptors (Lipinski definition) is 7. The van der Waals surface area contributed by atoms with Gasteiger partial charge in [-0.2, -0.15) is 4.31 Å². The first-order chi connectivity index (χ1) is 15.1. The second kappa shape index (κ2) is 9.82. The summed E-state index contributed by atoms with van der Waals surface area (Å²) in [6.45, 7) is 3.31. The number of nitro groups is 1. The van der Waals surface area contributed by atoms with Gasteiger partial charge in [0, 0.05) is 43.0 Å². The average Bonchev–Trinajstić information content (AvgIpc) is 2.75. The van der Waals surface area contributed by atoms with Crippen LogP contribution < -0.4 is 10.6 Å². The highest BCUT2D eigenvalue weighted by Gasteiger charge is 2.29. The molecule has 0 aliphatic carbocycles. The van der Waals surface area contributed by atoms with Crippen LogP contribution in [0.5, 0.6) is 0 Å². The summed E-state index contributed by atoms with van der Waals surface area (Å²) < 4.78 is 27.1. The van der Waals surface area contributed by atoms with Gasteiger partial charge in [-0.3, -0.25) is 14.9 Å². The summed E-state index contributed by atoms with van der Waals surface area (Å²) in [4.78, 5) is 25.1. The fourth-order valence-corrected chi connectivity index (χ4v) is 4.88. The fraction of sp³-hybridized carbons (Fsp3) is 0.350. The number of rotatable bonds is 7. The molecular weight excluding hydrogens is 458 g/mol. The van der Waals surface area contributed by atoms with E-state index in [0.717, 1.165) is 6.07 Å². The lowest BCUT2D eigenvalue weighted by molar-refractivity contribution is -0.384. The van der Waals surface area contributed by atoms with E-state index in [-0.39, 0.29) is 17.1 Å². The highest BCUT2D eigenvalue weighted by atomic mass is 35.5. The number of carbonyl (C=O) groups excluding carboxylic acids is 1. The van der Waals surface area contributed by atoms with E-state index >= 15 is 0 Å². The molecule has 1 heterocycles. The van der Waals surface area contributed by atoms with E-state index < -0.39 is 26.5 Å². The maximum absolute atomic E-state index is 12.9. The number of carbonyl (C=O) groups is 1. The van der Waals surface area contributed by atoms with Crippen molar-refractivity contribution >= 4 is 44.6 Å². The van der Waals surface area contributed by atoms with Crippen LogP contribution in [0.3, 0.4) is 0 Å². The number of likely N-dealkylation sites (N-methyl/N-ethyl adjacent to an activating group) is 1. The molecule has 2 aromatic carbocycles. The highest BCUT2D eigenvalue weighted by molar-refractivity contribution is 7.89. The van der Waals surface area contributed by atoms with Gasteiger partial charge in [-0.1, -0.05) is 17.7 Å². The zero-order valence-corrected chi connectivity index (χ0v) is 19.2. The van der Waals surface area contributed by atoms with Crippen LogP contribution in [-0.4, -0.2) is 68.2 Å². The molecule has 1 amide bonds. The Morgan fingerprint density at radius 3 is 2.50 bits per heavy atom. The maximum Gasteiger partial charge on any atom is 0.293 e. The molecule has 32 heavy (non-hydrogen) atoms. The molecule has 0 atom stereocenters. The molecule has 1 saturated heterocycles. The van der Waals surface area contributed by atoms with Crippen LogP contribution in [0, 0.1) is 17.0 Å². The van der Waals surface area contributed by atoms with Crippen molar-refractivity contribution in [1.82, 2.24) is 9.21 Å². The largest absolute Gasteiger partial charge is 0.371 e. The number of sulfonamides is 1. The van der Waals surface area contributed by atoms with Gasteiger partial charge in [-0.25, -0.2) is 8.42 Å². The van der Waals surface area contributed by atoms with Gasteiger partial charge in [0.2, 0.25) is 15.9 Å². The van der Waals surface area contributed by atoms with E-state index in [9.17, 15) is 23.3 Å². The summed E-state index contributed by atoms with van der Waals surface area (Å²) in [6.07, 6.45) is 0. The van der Waals surface area contributed by atoms with Crippen molar-refractivity contribution in [3.63, 3.8) is 0 Å². The maximum atomic E-state index is 12.9. The molecule has 1 aliphatic rings. The predicted molar refractivity (Wildman–Crippen MR) is 123 cm³/mol. The van der Waals surface area contributed by atoms with Crippen LogP contribution in [0.15, 0.2) is 41.3 Å². The quantitative estimate of drug-likeness (QED) is 0.459. The van der Waals surface area contributed by atoms with Crippen molar-refractivity contribution in [2.75, 3.05) is 50.4 Å². The van der Waals surface area contributed by atoms with Crippen molar-refractivity contribution < 1.29 is 18.1 Å². The summed E-state index contributed by atoms with van der Waals surface area (Å²) >= 11 is 6.04. The molecule has 0 spiro atoms. The molecular formula is C20H24ClN5O5S. The van der Waals surface area contributed by atoms with Crippen LogP contribution in [-0.2, 0) is 14.8 Å².